The second-order valence-electron chi connectivity index (χ2n) is 4.39. The highest BCUT2D eigenvalue weighted by molar-refractivity contribution is 5.01. The van der Waals surface area contributed by atoms with Crippen molar-refractivity contribution in [3.8, 4) is 0 Å². The molecule has 2 atom stereocenters. The summed E-state index contributed by atoms with van der Waals surface area (Å²) in [6, 6.07) is 2.80. The van der Waals surface area contributed by atoms with Gasteiger partial charge in [0.1, 0.15) is 0 Å². The zero-order valence-electron chi connectivity index (χ0n) is 7.66. The van der Waals surface area contributed by atoms with Crippen LogP contribution in [0.1, 0.15) is 25.0 Å². The van der Waals surface area contributed by atoms with Gasteiger partial charge in [-0.1, -0.05) is 0 Å². The third-order valence-electron chi connectivity index (χ3n) is 3.38. The first-order valence-electron chi connectivity index (χ1n) is 5.13. The quantitative estimate of drug-likeness (QED) is 0.730. The monoisotopic (exact) mass is 177 g/mol. The minimum atomic E-state index is 0.770. The fraction of sp³-hybridized carbons (Fsp3) is 0.700. The van der Waals surface area contributed by atoms with E-state index in [9.17, 15) is 0 Å². The first-order chi connectivity index (χ1) is 6.42. The van der Waals surface area contributed by atoms with Crippen molar-refractivity contribution in [3.63, 3.8) is 0 Å². The Morgan fingerprint density at radius 1 is 1.38 bits per heavy atom. The highest BCUT2D eigenvalue weighted by Gasteiger charge is 2.45. The van der Waals surface area contributed by atoms with Crippen LogP contribution in [0.2, 0.25) is 0 Å². The van der Waals surface area contributed by atoms with E-state index in [-0.39, 0.29) is 0 Å². The number of hydrogen-bond donors (Lipinski definition) is 2. The lowest BCUT2D eigenvalue weighted by Crippen LogP contribution is -2.27. The van der Waals surface area contributed by atoms with Gasteiger partial charge in [-0.2, -0.15) is 5.10 Å². The molecule has 0 saturated heterocycles. The molecule has 0 bridgehead atoms. The van der Waals surface area contributed by atoms with E-state index in [4.69, 9.17) is 0 Å². The number of nitrogens with zero attached hydrogens (tertiary/aromatic N) is 1. The van der Waals surface area contributed by atoms with Crippen LogP contribution in [0.3, 0.4) is 0 Å². The zero-order valence-corrected chi connectivity index (χ0v) is 7.66. The number of fused-ring (bicyclic) bond motifs is 1. The van der Waals surface area contributed by atoms with Gasteiger partial charge in [0.15, 0.2) is 0 Å². The van der Waals surface area contributed by atoms with Gasteiger partial charge in [0.2, 0.25) is 0 Å². The molecule has 2 aliphatic carbocycles. The maximum Gasteiger partial charge on any atom is 0.0490 e. The summed E-state index contributed by atoms with van der Waals surface area (Å²) in [5.41, 5.74) is 1.19. The highest BCUT2D eigenvalue weighted by Crippen LogP contribution is 2.51. The van der Waals surface area contributed by atoms with Gasteiger partial charge in [-0.15, -0.1) is 0 Å². The average molecular weight is 177 g/mol. The Hall–Kier alpha value is -0.830. The van der Waals surface area contributed by atoms with Crippen molar-refractivity contribution in [3.05, 3.63) is 18.0 Å². The van der Waals surface area contributed by atoms with Crippen LogP contribution in [0.5, 0.6) is 0 Å². The summed E-state index contributed by atoms with van der Waals surface area (Å²) >= 11 is 0. The Kier molecular flexibility index (Phi) is 1.65. The Morgan fingerprint density at radius 2 is 2.23 bits per heavy atom. The van der Waals surface area contributed by atoms with Gasteiger partial charge in [0.05, 0.1) is 0 Å². The van der Waals surface area contributed by atoms with E-state index in [0.717, 1.165) is 24.4 Å². The minimum Gasteiger partial charge on any atom is -0.308 e. The lowest BCUT2D eigenvalue weighted by molar-refractivity contribution is 0.477. The maximum atomic E-state index is 3.93. The summed E-state index contributed by atoms with van der Waals surface area (Å²) in [5.74, 6) is 2.14. The zero-order chi connectivity index (χ0) is 8.67. The topological polar surface area (TPSA) is 40.7 Å². The van der Waals surface area contributed by atoms with Crippen molar-refractivity contribution in [2.45, 2.75) is 31.8 Å². The molecule has 1 aromatic heterocycles. The molecule has 0 spiro atoms. The molecule has 0 radical (unpaired) electrons. The van der Waals surface area contributed by atoms with Gasteiger partial charge < -0.3 is 5.32 Å². The second kappa shape index (κ2) is 2.84. The Morgan fingerprint density at radius 3 is 2.92 bits per heavy atom. The molecular weight excluding hydrogens is 162 g/mol. The summed E-state index contributed by atoms with van der Waals surface area (Å²) in [4.78, 5) is 0. The molecule has 1 heterocycles. The molecule has 3 nitrogen and oxygen atoms in total. The van der Waals surface area contributed by atoms with Crippen LogP contribution in [0.25, 0.3) is 0 Å². The van der Waals surface area contributed by atoms with E-state index in [0.29, 0.717) is 0 Å². The number of nitrogens with one attached hydrogen (secondary N) is 2. The fourth-order valence-corrected chi connectivity index (χ4v) is 2.52. The molecule has 2 fully saturated rings. The number of aromatic amines is 1. The van der Waals surface area contributed by atoms with E-state index in [1.807, 2.05) is 12.3 Å². The normalized spacial score (nSPS) is 36.2. The average Bonchev–Trinajstić information content (AvgIpc) is 2.64. The number of hydrogen-bond acceptors (Lipinski definition) is 2. The number of aromatic nitrogens is 2. The van der Waals surface area contributed by atoms with Crippen molar-refractivity contribution in [1.29, 1.82) is 0 Å². The van der Waals surface area contributed by atoms with Crippen molar-refractivity contribution in [2.24, 2.45) is 11.8 Å². The van der Waals surface area contributed by atoms with Crippen molar-refractivity contribution in [1.82, 2.24) is 15.5 Å². The van der Waals surface area contributed by atoms with Crippen LogP contribution >= 0.6 is 0 Å². The minimum absolute atomic E-state index is 0.770. The predicted octanol–water partition coefficient (Wildman–Crippen LogP) is 1.30. The standard InChI is InChI=1S/C10H15N3/c1-2-12-13-9(1)6-11-10-4-7-3-8(7)5-10/h1-2,7-8,10-11H,3-6H2,(H,12,13). The third kappa shape index (κ3) is 1.48. The molecule has 0 aliphatic heterocycles. The smallest absolute Gasteiger partial charge is 0.0490 e. The van der Waals surface area contributed by atoms with E-state index < -0.39 is 0 Å². The summed E-state index contributed by atoms with van der Waals surface area (Å²) in [6.07, 6.45) is 6.11. The van der Waals surface area contributed by atoms with Gasteiger partial charge in [-0.3, -0.25) is 5.10 Å². The van der Waals surface area contributed by atoms with Crippen LogP contribution in [-0.4, -0.2) is 16.2 Å². The second-order valence-corrected chi connectivity index (χ2v) is 4.39. The van der Waals surface area contributed by atoms with Crippen LogP contribution < -0.4 is 5.32 Å². The predicted molar refractivity (Wildman–Crippen MR) is 50.0 cm³/mol. The van der Waals surface area contributed by atoms with E-state index in [1.54, 1.807) is 0 Å². The van der Waals surface area contributed by atoms with Crippen LogP contribution in [0, 0.1) is 11.8 Å². The van der Waals surface area contributed by atoms with Gasteiger partial charge >= 0.3 is 0 Å². The maximum absolute atomic E-state index is 3.93. The summed E-state index contributed by atoms with van der Waals surface area (Å²) in [6.45, 7) is 0.949. The third-order valence-corrected chi connectivity index (χ3v) is 3.38. The molecule has 13 heavy (non-hydrogen) atoms. The van der Waals surface area contributed by atoms with Gasteiger partial charge in [0, 0.05) is 24.5 Å². The van der Waals surface area contributed by atoms with E-state index in [2.05, 4.69) is 15.5 Å². The van der Waals surface area contributed by atoms with E-state index in [1.165, 1.54) is 25.0 Å². The molecule has 2 unspecified atom stereocenters. The number of H-pyrrole nitrogens is 1. The van der Waals surface area contributed by atoms with Crippen LogP contribution in [0.15, 0.2) is 12.3 Å². The summed E-state index contributed by atoms with van der Waals surface area (Å²) in [7, 11) is 0. The first kappa shape index (κ1) is 7.56. The number of rotatable bonds is 3. The lowest BCUT2D eigenvalue weighted by Gasteiger charge is -2.12. The summed E-state index contributed by atoms with van der Waals surface area (Å²) < 4.78 is 0. The van der Waals surface area contributed by atoms with Crippen LogP contribution in [0.4, 0.5) is 0 Å². The lowest BCUT2D eigenvalue weighted by atomic mass is 10.1. The van der Waals surface area contributed by atoms with Gasteiger partial charge in [-0.05, 0) is 37.2 Å². The SMILES string of the molecule is c1cc(CNC2CC3CC3C2)[nH]n1. The van der Waals surface area contributed by atoms with Gasteiger partial charge in [-0.25, -0.2) is 0 Å². The van der Waals surface area contributed by atoms with Crippen LogP contribution in [-0.2, 0) is 6.54 Å². The molecule has 2 aliphatic rings. The highest BCUT2D eigenvalue weighted by atomic mass is 15.1. The molecule has 1 aromatic rings. The van der Waals surface area contributed by atoms with Crippen molar-refractivity contribution >= 4 is 0 Å². The van der Waals surface area contributed by atoms with E-state index >= 15 is 0 Å². The Bertz CT molecular complexity index is 270. The van der Waals surface area contributed by atoms with Gasteiger partial charge in [0.25, 0.3) is 0 Å². The molecule has 0 amide bonds. The molecule has 2 saturated carbocycles. The van der Waals surface area contributed by atoms with Crippen molar-refractivity contribution in [2.75, 3.05) is 0 Å². The largest absolute Gasteiger partial charge is 0.308 e. The fourth-order valence-electron chi connectivity index (χ4n) is 2.52. The Labute approximate surface area is 77.9 Å². The molecule has 70 valence electrons. The molecular formula is C10H15N3. The Balaban J connectivity index is 1.48. The first-order valence-corrected chi connectivity index (χ1v) is 5.13. The molecule has 0 aromatic carbocycles. The summed E-state index contributed by atoms with van der Waals surface area (Å²) in [5, 5.41) is 10.5. The van der Waals surface area contributed by atoms with Crippen molar-refractivity contribution < 1.29 is 0 Å². The molecule has 3 heteroatoms. The molecule has 2 N–H and O–H groups in total. The molecule has 3 rings (SSSR count).